The zero-order valence-electron chi connectivity index (χ0n) is 22.1. The first kappa shape index (κ1) is 27.0. The van der Waals surface area contributed by atoms with Gasteiger partial charge in [-0.2, -0.15) is 0 Å². The summed E-state index contributed by atoms with van der Waals surface area (Å²) in [6.45, 7) is 16.5. The molecule has 6 nitrogen and oxygen atoms in total. The Morgan fingerprint density at radius 2 is 1.67 bits per heavy atom. The third kappa shape index (κ3) is 5.62. The summed E-state index contributed by atoms with van der Waals surface area (Å²) in [5.74, 6) is -0.440. The van der Waals surface area contributed by atoms with Gasteiger partial charge < -0.3 is 14.5 Å². The van der Waals surface area contributed by atoms with Crippen molar-refractivity contribution in [1.82, 2.24) is 9.88 Å². The van der Waals surface area contributed by atoms with Gasteiger partial charge in [-0.3, -0.25) is 4.90 Å². The molecule has 2 rings (SSSR count). The van der Waals surface area contributed by atoms with E-state index in [1.165, 1.54) is 28.5 Å². The molecule has 1 heterocycles. The number of carbonyl (C=O) groups excluding carboxylic acids is 2. The number of H-pyrrole nitrogens is 1. The summed E-state index contributed by atoms with van der Waals surface area (Å²) < 4.78 is 10.7. The van der Waals surface area contributed by atoms with E-state index in [0.717, 1.165) is 34.6 Å². The summed E-state index contributed by atoms with van der Waals surface area (Å²) in [4.78, 5) is 31.0. The number of ether oxygens (including phenoxy) is 2. The number of aromatic amines is 1. The van der Waals surface area contributed by atoms with Gasteiger partial charge in [-0.15, -0.1) is 0 Å². The van der Waals surface area contributed by atoms with Gasteiger partial charge in [0.15, 0.2) is 0 Å². The van der Waals surface area contributed by atoms with Crippen molar-refractivity contribution in [3.8, 4) is 0 Å². The SMILES string of the molecule is CC[Si](CC)(CC)c1[nH]c2c(C)cc(C)cc2c1C[C@H](C(=O)OC)N(C)C(=O)OC(C)(C)C. The summed E-state index contributed by atoms with van der Waals surface area (Å²) in [5, 5.41) is 2.44. The molecule has 7 heteroatoms. The van der Waals surface area contributed by atoms with Gasteiger partial charge in [-0.05, 0) is 51.8 Å². The molecule has 0 fully saturated rings. The maximum absolute atomic E-state index is 12.9. The van der Waals surface area contributed by atoms with Gasteiger partial charge in [0, 0.05) is 29.7 Å². The molecule has 1 aromatic carbocycles. The third-order valence-electron chi connectivity index (χ3n) is 6.94. The quantitative estimate of drug-likeness (QED) is 0.408. The first-order chi connectivity index (χ1) is 15.3. The minimum atomic E-state index is -1.82. The first-order valence-electron chi connectivity index (χ1n) is 12.0. The van der Waals surface area contributed by atoms with Crippen LogP contribution >= 0.6 is 0 Å². The number of nitrogens with zero attached hydrogens (tertiary/aromatic N) is 1. The van der Waals surface area contributed by atoms with E-state index in [9.17, 15) is 9.59 Å². The van der Waals surface area contributed by atoms with E-state index >= 15 is 0 Å². The van der Waals surface area contributed by atoms with Crippen molar-refractivity contribution < 1.29 is 19.1 Å². The van der Waals surface area contributed by atoms with Gasteiger partial charge in [0.2, 0.25) is 0 Å². The van der Waals surface area contributed by atoms with E-state index in [1.807, 2.05) is 20.8 Å². The molecule has 0 aliphatic heterocycles. The van der Waals surface area contributed by atoms with Gasteiger partial charge in [0.1, 0.15) is 19.7 Å². The lowest BCUT2D eigenvalue weighted by Gasteiger charge is -2.32. The number of amides is 1. The standard InChI is InChI=1S/C26H42N2O4Si/c1-11-33(12-2,13-3)23-20(19-15-17(4)14-18(5)22(19)27-23)16-21(24(29)31-10)28(9)25(30)32-26(6,7)8/h14-15,21,27H,11-13,16H2,1-10H3/t21-/m1/s1. The van der Waals surface area contributed by atoms with E-state index in [0.29, 0.717) is 6.42 Å². The minimum Gasteiger partial charge on any atom is -0.467 e. The Morgan fingerprint density at radius 3 is 2.15 bits per heavy atom. The van der Waals surface area contributed by atoms with Crippen molar-refractivity contribution in [1.29, 1.82) is 0 Å². The Hall–Kier alpha value is -2.28. The normalized spacial score (nSPS) is 13.2. The van der Waals surface area contributed by atoms with Crippen LogP contribution in [0.3, 0.4) is 0 Å². The van der Waals surface area contributed by atoms with E-state index < -0.39 is 31.8 Å². The molecule has 2 aromatic rings. The lowest BCUT2D eigenvalue weighted by Crippen LogP contribution is -2.51. The number of likely N-dealkylation sites (N-methyl/N-ethyl adjacent to an activating group) is 1. The maximum Gasteiger partial charge on any atom is 0.410 e. The molecule has 0 unspecified atom stereocenters. The molecule has 1 atom stereocenters. The van der Waals surface area contributed by atoms with E-state index in [1.54, 1.807) is 7.05 Å². The van der Waals surface area contributed by atoms with Gasteiger partial charge in [0.05, 0.1) is 7.11 Å². The number of methoxy groups -OCH3 is 1. The van der Waals surface area contributed by atoms with Crippen LogP contribution in [-0.4, -0.2) is 55.8 Å². The summed E-state index contributed by atoms with van der Waals surface area (Å²) >= 11 is 0. The lowest BCUT2D eigenvalue weighted by molar-refractivity contribution is -0.146. The predicted octanol–water partition coefficient (Wildman–Crippen LogP) is 5.45. The number of esters is 1. The number of hydrogen-bond acceptors (Lipinski definition) is 4. The minimum absolute atomic E-state index is 0.384. The van der Waals surface area contributed by atoms with Crippen LogP contribution in [0.15, 0.2) is 12.1 Å². The van der Waals surface area contributed by atoms with E-state index in [2.05, 4.69) is 51.7 Å². The number of rotatable bonds is 8. The van der Waals surface area contributed by atoms with Crippen molar-refractivity contribution in [3.05, 3.63) is 28.8 Å². The fraction of sp³-hybridized carbons (Fsp3) is 0.615. The van der Waals surface area contributed by atoms with Crippen LogP contribution in [0.4, 0.5) is 4.79 Å². The van der Waals surface area contributed by atoms with Crippen molar-refractivity contribution in [2.75, 3.05) is 14.2 Å². The van der Waals surface area contributed by atoms with Crippen molar-refractivity contribution in [3.63, 3.8) is 0 Å². The van der Waals surface area contributed by atoms with E-state index in [4.69, 9.17) is 9.47 Å². The molecule has 0 aliphatic rings. The van der Waals surface area contributed by atoms with Crippen molar-refractivity contribution >= 4 is 36.4 Å². The molecular weight excluding hydrogens is 432 g/mol. The highest BCUT2D eigenvalue weighted by molar-refractivity contribution is 6.91. The van der Waals surface area contributed by atoms with Gasteiger partial charge in [0.25, 0.3) is 0 Å². The fourth-order valence-electron chi connectivity index (χ4n) is 4.82. The highest BCUT2D eigenvalue weighted by Crippen LogP contribution is 2.30. The number of benzene rings is 1. The molecule has 0 radical (unpaired) electrons. The second-order valence-electron chi connectivity index (χ2n) is 10.2. The number of aryl methyl sites for hydroxylation is 2. The Kier molecular flexibility index (Phi) is 8.44. The fourth-order valence-corrected chi connectivity index (χ4v) is 8.65. The molecular formula is C26H42N2O4Si. The number of hydrogen-bond donors (Lipinski definition) is 1. The number of aromatic nitrogens is 1. The Morgan fingerprint density at radius 1 is 1.09 bits per heavy atom. The zero-order chi connectivity index (χ0) is 25.1. The van der Waals surface area contributed by atoms with Crippen molar-refractivity contribution in [2.24, 2.45) is 0 Å². The highest BCUT2D eigenvalue weighted by atomic mass is 28.3. The lowest BCUT2D eigenvalue weighted by atomic mass is 10.0. The van der Waals surface area contributed by atoms with E-state index in [-0.39, 0.29) is 0 Å². The van der Waals surface area contributed by atoms with Crippen LogP contribution in [0.2, 0.25) is 18.1 Å². The van der Waals surface area contributed by atoms with Gasteiger partial charge in [-0.25, -0.2) is 9.59 Å². The molecule has 0 saturated heterocycles. The number of nitrogens with one attached hydrogen (secondary N) is 1. The maximum atomic E-state index is 12.9. The van der Waals surface area contributed by atoms with Crippen LogP contribution < -0.4 is 5.32 Å². The topological polar surface area (TPSA) is 71.6 Å². The summed E-state index contributed by atoms with van der Waals surface area (Å²) in [6.07, 6.45) is -0.147. The first-order valence-corrected chi connectivity index (χ1v) is 14.6. The Labute approximate surface area is 200 Å². The van der Waals surface area contributed by atoms with Crippen LogP contribution in [0.5, 0.6) is 0 Å². The molecule has 1 N–H and O–H groups in total. The molecule has 0 aliphatic carbocycles. The third-order valence-corrected chi connectivity index (χ3v) is 12.5. The second kappa shape index (κ2) is 10.3. The second-order valence-corrected chi connectivity index (χ2v) is 15.3. The van der Waals surface area contributed by atoms with Gasteiger partial charge >= 0.3 is 12.1 Å². The molecule has 33 heavy (non-hydrogen) atoms. The number of fused-ring (bicyclic) bond motifs is 1. The van der Waals surface area contributed by atoms with Gasteiger partial charge in [-0.1, -0.05) is 50.5 Å². The largest absolute Gasteiger partial charge is 0.467 e. The summed E-state index contributed by atoms with van der Waals surface area (Å²) in [6, 6.07) is 6.94. The molecule has 1 aromatic heterocycles. The molecule has 0 bridgehead atoms. The molecule has 1 amide bonds. The molecule has 0 spiro atoms. The van der Waals surface area contributed by atoms with Crippen LogP contribution in [0.1, 0.15) is 58.2 Å². The smallest absolute Gasteiger partial charge is 0.410 e. The van der Waals surface area contributed by atoms with Crippen molar-refractivity contribution in [2.45, 2.75) is 91.6 Å². The molecule has 184 valence electrons. The Bertz CT molecular complexity index is 994. The number of carbonyl (C=O) groups is 2. The predicted molar refractivity (Wildman–Crippen MR) is 138 cm³/mol. The van der Waals surface area contributed by atoms with Crippen LogP contribution in [-0.2, 0) is 20.7 Å². The Balaban J connectivity index is 2.71. The highest BCUT2D eigenvalue weighted by Gasteiger charge is 2.38. The van der Waals surface area contributed by atoms with Crippen LogP contribution in [0, 0.1) is 13.8 Å². The monoisotopic (exact) mass is 474 g/mol. The average molecular weight is 475 g/mol. The zero-order valence-corrected chi connectivity index (χ0v) is 23.1. The summed E-state index contributed by atoms with van der Waals surface area (Å²) in [5.41, 5.74) is 3.99. The molecule has 0 saturated carbocycles. The summed E-state index contributed by atoms with van der Waals surface area (Å²) in [7, 11) is 1.17. The average Bonchev–Trinajstić information content (AvgIpc) is 3.10. The van der Waals surface area contributed by atoms with Crippen LogP contribution in [0.25, 0.3) is 10.9 Å².